The molecular weight excluding hydrogens is 184 g/mol. The summed E-state index contributed by atoms with van der Waals surface area (Å²) in [6, 6.07) is 0.754. The Bertz CT molecular complexity index is 189. The Balaban J connectivity index is 1.61. The first-order valence-corrected chi connectivity index (χ1v) is 6.69. The summed E-state index contributed by atoms with van der Waals surface area (Å²) in [5.41, 5.74) is 0. The van der Waals surface area contributed by atoms with Crippen molar-refractivity contribution in [1.82, 2.24) is 10.2 Å². The SMILES string of the molecule is CNC1CCN(CCCC2CC2)CC1C. The lowest BCUT2D eigenvalue weighted by Crippen LogP contribution is -2.47. The number of piperidine rings is 1. The van der Waals surface area contributed by atoms with Crippen LogP contribution in [0.1, 0.15) is 39.0 Å². The third-order valence-electron chi connectivity index (χ3n) is 4.14. The Labute approximate surface area is 94.4 Å². The molecule has 15 heavy (non-hydrogen) atoms. The molecule has 2 heteroatoms. The highest BCUT2D eigenvalue weighted by atomic mass is 15.1. The summed E-state index contributed by atoms with van der Waals surface area (Å²) in [5, 5.41) is 3.43. The van der Waals surface area contributed by atoms with E-state index in [1.807, 2.05) is 0 Å². The van der Waals surface area contributed by atoms with Gasteiger partial charge in [-0.3, -0.25) is 0 Å². The van der Waals surface area contributed by atoms with E-state index >= 15 is 0 Å². The van der Waals surface area contributed by atoms with Crippen LogP contribution >= 0.6 is 0 Å². The molecule has 1 saturated heterocycles. The van der Waals surface area contributed by atoms with Gasteiger partial charge in [0.25, 0.3) is 0 Å². The van der Waals surface area contributed by atoms with Crippen molar-refractivity contribution in [1.29, 1.82) is 0 Å². The molecule has 2 aliphatic rings. The molecule has 2 nitrogen and oxygen atoms in total. The van der Waals surface area contributed by atoms with Gasteiger partial charge in [-0.05, 0) is 51.2 Å². The zero-order valence-electron chi connectivity index (χ0n) is 10.3. The van der Waals surface area contributed by atoms with Gasteiger partial charge in [0.2, 0.25) is 0 Å². The Morgan fingerprint density at radius 2 is 2.07 bits per heavy atom. The lowest BCUT2D eigenvalue weighted by molar-refractivity contribution is 0.149. The second-order valence-corrected chi connectivity index (χ2v) is 5.55. The van der Waals surface area contributed by atoms with E-state index in [0.29, 0.717) is 0 Å². The molecule has 1 aliphatic carbocycles. The van der Waals surface area contributed by atoms with Crippen molar-refractivity contribution in [3.8, 4) is 0 Å². The molecule has 0 spiro atoms. The average molecular weight is 210 g/mol. The van der Waals surface area contributed by atoms with Gasteiger partial charge in [-0.2, -0.15) is 0 Å². The van der Waals surface area contributed by atoms with Crippen molar-refractivity contribution in [2.75, 3.05) is 26.7 Å². The fourth-order valence-corrected chi connectivity index (χ4v) is 2.87. The standard InChI is InChI=1S/C13H26N2/c1-11-10-15(9-7-13(11)14-2)8-3-4-12-5-6-12/h11-14H,3-10H2,1-2H3. The molecule has 2 rings (SSSR count). The highest BCUT2D eigenvalue weighted by Crippen LogP contribution is 2.33. The van der Waals surface area contributed by atoms with Crippen molar-refractivity contribution in [3.63, 3.8) is 0 Å². The zero-order valence-corrected chi connectivity index (χ0v) is 10.3. The first-order chi connectivity index (χ1) is 7.29. The minimum atomic E-state index is 0.754. The molecule has 0 aromatic heterocycles. The monoisotopic (exact) mass is 210 g/mol. The van der Waals surface area contributed by atoms with E-state index in [1.54, 1.807) is 0 Å². The third-order valence-corrected chi connectivity index (χ3v) is 4.14. The average Bonchev–Trinajstić information content (AvgIpc) is 3.02. The van der Waals surface area contributed by atoms with Crippen LogP contribution in [0.2, 0.25) is 0 Å². The van der Waals surface area contributed by atoms with Crippen molar-refractivity contribution < 1.29 is 0 Å². The maximum absolute atomic E-state index is 3.43. The molecule has 88 valence electrons. The van der Waals surface area contributed by atoms with Gasteiger partial charge in [0.1, 0.15) is 0 Å². The Morgan fingerprint density at radius 1 is 1.27 bits per heavy atom. The summed E-state index contributed by atoms with van der Waals surface area (Å²) < 4.78 is 0. The number of rotatable bonds is 5. The summed E-state index contributed by atoms with van der Waals surface area (Å²) in [7, 11) is 2.10. The van der Waals surface area contributed by atoms with Gasteiger partial charge in [0, 0.05) is 12.6 Å². The van der Waals surface area contributed by atoms with E-state index in [1.165, 1.54) is 51.7 Å². The first kappa shape index (κ1) is 11.4. The van der Waals surface area contributed by atoms with Crippen LogP contribution < -0.4 is 5.32 Å². The van der Waals surface area contributed by atoms with Gasteiger partial charge in [0.15, 0.2) is 0 Å². The van der Waals surface area contributed by atoms with Crippen LogP contribution in [0.25, 0.3) is 0 Å². The van der Waals surface area contributed by atoms with Gasteiger partial charge in [-0.25, -0.2) is 0 Å². The quantitative estimate of drug-likeness (QED) is 0.747. The number of hydrogen-bond donors (Lipinski definition) is 1. The maximum Gasteiger partial charge on any atom is 0.0114 e. The maximum atomic E-state index is 3.43. The van der Waals surface area contributed by atoms with Crippen molar-refractivity contribution in [2.24, 2.45) is 11.8 Å². The van der Waals surface area contributed by atoms with Crippen LogP contribution in [0.15, 0.2) is 0 Å². The number of hydrogen-bond acceptors (Lipinski definition) is 2. The minimum Gasteiger partial charge on any atom is -0.317 e. The highest BCUT2D eigenvalue weighted by Gasteiger charge is 2.25. The summed E-state index contributed by atoms with van der Waals surface area (Å²) in [5.74, 6) is 1.93. The molecule has 1 saturated carbocycles. The molecule has 0 amide bonds. The second-order valence-electron chi connectivity index (χ2n) is 5.55. The van der Waals surface area contributed by atoms with Crippen LogP contribution in [0.5, 0.6) is 0 Å². The van der Waals surface area contributed by atoms with E-state index in [2.05, 4.69) is 24.2 Å². The smallest absolute Gasteiger partial charge is 0.0114 e. The van der Waals surface area contributed by atoms with Gasteiger partial charge in [-0.1, -0.05) is 19.8 Å². The van der Waals surface area contributed by atoms with Gasteiger partial charge in [0.05, 0.1) is 0 Å². The Hall–Kier alpha value is -0.0800. The molecule has 2 fully saturated rings. The minimum absolute atomic E-state index is 0.754. The Kier molecular flexibility index (Phi) is 4.04. The molecular formula is C13H26N2. The van der Waals surface area contributed by atoms with Gasteiger partial charge >= 0.3 is 0 Å². The lowest BCUT2D eigenvalue weighted by atomic mass is 9.94. The molecule has 1 aliphatic heterocycles. The number of nitrogens with zero attached hydrogens (tertiary/aromatic N) is 1. The zero-order chi connectivity index (χ0) is 10.7. The van der Waals surface area contributed by atoms with E-state index in [9.17, 15) is 0 Å². The van der Waals surface area contributed by atoms with Gasteiger partial charge < -0.3 is 10.2 Å². The molecule has 1 heterocycles. The van der Waals surface area contributed by atoms with Crippen LogP contribution in [0, 0.1) is 11.8 Å². The fraction of sp³-hybridized carbons (Fsp3) is 1.00. The summed E-state index contributed by atoms with van der Waals surface area (Å²) in [6.07, 6.45) is 7.28. The molecule has 0 aromatic rings. The van der Waals surface area contributed by atoms with Crippen LogP contribution in [0.3, 0.4) is 0 Å². The van der Waals surface area contributed by atoms with Crippen molar-refractivity contribution in [3.05, 3.63) is 0 Å². The molecule has 0 aromatic carbocycles. The summed E-state index contributed by atoms with van der Waals surface area (Å²) >= 11 is 0. The molecule has 2 atom stereocenters. The second kappa shape index (κ2) is 5.31. The van der Waals surface area contributed by atoms with Crippen LogP contribution in [0.4, 0.5) is 0 Å². The summed E-state index contributed by atoms with van der Waals surface area (Å²) in [4.78, 5) is 2.67. The normalized spacial score (nSPS) is 33.2. The molecule has 0 radical (unpaired) electrons. The van der Waals surface area contributed by atoms with Crippen molar-refractivity contribution in [2.45, 2.75) is 45.1 Å². The number of likely N-dealkylation sites (tertiary alicyclic amines) is 1. The lowest BCUT2D eigenvalue weighted by Gasteiger charge is -2.36. The topological polar surface area (TPSA) is 15.3 Å². The third kappa shape index (κ3) is 3.46. The van der Waals surface area contributed by atoms with Gasteiger partial charge in [-0.15, -0.1) is 0 Å². The van der Waals surface area contributed by atoms with E-state index in [4.69, 9.17) is 0 Å². The van der Waals surface area contributed by atoms with E-state index in [0.717, 1.165) is 17.9 Å². The van der Waals surface area contributed by atoms with Crippen LogP contribution in [-0.4, -0.2) is 37.6 Å². The first-order valence-electron chi connectivity index (χ1n) is 6.69. The van der Waals surface area contributed by atoms with Crippen molar-refractivity contribution >= 4 is 0 Å². The number of nitrogens with one attached hydrogen (secondary N) is 1. The van der Waals surface area contributed by atoms with E-state index in [-0.39, 0.29) is 0 Å². The van der Waals surface area contributed by atoms with Crippen LogP contribution in [-0.2, 0) is 0 Å². The largest absolute Gasteiger partial charge is 0.317 e. The fourth-order valence-electron chi connectivity index (χ4n) is 2.87. The predicted molar refractivity (Wildman–Crippen MR) is 65.0 cm³/mol. The highest BCUT2D eigenvalue weighted by molar-refractivity contribution is 4.82. The molecule has 1 N–H and O–H groups in total. The van der Waals surface area contributed by atoms with E-state index < -0.39 is 0 Å². The predicted octanol–water partition coefficient (Wildman–Crippen LogP) is 2.11. The summed E-state index contributed by atoms with van der Waals surface area (Å²) in [6.45, 7) is 6.34. The molecule has 2 unspecified atom stereocenters. The molecule has 0 bridgehead atoms. The Morgan fingerprint density at radius 3 is 2.67 bits per heavy atom.